The Balaban J connectivity index is 1.63. The predicted molar refractivity (Wildman–Crippen MR) is 117 cm³/mol. The van der Waals surface area contributed by atoms with Crippen LogP contribution in [0, 0.1) is 0 Å². The number of nitrogens with one attached hydrogen (secondary N) is 2. The van der Waals surface area contributed by atoms with Crippen LogP contribution >= 0.6 is 0 Å². The number of para-hydroxylation sites is 2. The maximum atomic E-state index is 12.6. The second-order valence-electron chi connectivity index (χ2n) is 9.11. The number of nitrogens with two attached hydrogens (primary N) is 1. The number of carbonyl (C=O) groups is 1. The molecule has 1 amide bonds. The summed E-state index contributed by atoms with van der Waals surface area (Å²) in [5.41, 5.74) is 7.30. The van der Waals surface area contributed by atoms with Gasteiger partial charge < -0.3 is 30.9 Å². The molecule has 1 spiro atoms. The quantitative estimate of drug-likeness (QED) is 0.657. The summed E-state index contributed by atoms with van der Waals surface area (Å²) < 4.78 is 5.62. The molecule has 0 radical (unpaired) electrons. The van der Waals surface area contributed by atoms with E-state index in [0.717, 1.165) is 49.4 Å². The summed E-state index contributed by atoms with van der Waals surface area (Å²) in [5, 5.41) is 6.80. The van der Waals surface area contributed by atoms with Gasteiger partial charge in [-0.05, 0) is 58.6 Å². The monoisotopic (exact) mass is 401 g/mol. The standard InChI is InChI=1S/C22H35N5O2/c1-21(2,3)29-20(28)27-13-10-16(14-22(27)11-12-22)25-15-19(24-4)26(5)18-9-7-6-8-17(18)23/h6-9,15-16,24-25H,10-14,23H2,1-5H3/b19-15+. The molecular weight excluding hydrogens is 366 g/mol. The number of piperidine rings is 1. The second-order valence-corrected chi connectivity index (χ2v) is 9.11. The van der Waals surface area contributed by atoms with Gasteiger partial charge in [-0.3, -0.25) is 0 Å². The number of amides is 1. The molecule has 2 fully saturated rings. The van der Waals surface area contributed by atoms with Crippen LogP contribution in [0.15, 0.2) is 36.3 Å². The first-order valence-electron chi connectivity index (χ1n) is 10.4. The number of anilines is 2. The molecule has 29 heavy (non-hydrogen) atoms. The molecule has 1 aliphatic heterocycles. The molecule has 1 aliphatic carbocycles. The minimum Gasteiger partial charge on any atom is -0.444 e. The molecule has 0 aromatic heterocycles. The minimum absolute atomic E-state index is 0.0400. The Morgan fingerprint density at radius 2 is 2.03 bits per heavy atom. The van der Waals surface area contributed by atoms with Crippen molar-refractivity contribution in [3.05, 3.63) is 36.3 Å². The summed E-state index contributed by atoms with van der Waals surface area (Å²) in [6.07, 6.45) is 5.76. The zero-order valence-corrected chi connectivity index (χ0v) is 18.3. The Morgan fingerprint density at radius 1 is 1.34 bits per heavy atom. The van der Waals surface area contributed by atoms with Gasteiger partial charge in [0.1, 0.15) is 11.4 Å². The number of hydrogen-bond acceptors (Lipinski definition) is 6. The Bertz CT molecular complexity index is 767. The van der Waals surface area contributed by atoms with Gasteiger partial charge in [0.2, 0.25) is 0 Å². The van der Waals surface area contributed by atoms with Gasteiger partial charge in [0.05, 0.1) is 11.4 Å². The molecule has 1 saturated carbocycles. The molecule has 1 atom stereocenters. The highest BCUT2D eigenvalue weighted by atomic mass is 16.6. The fourth-order valence-electron chi connectivity index (χ4n) is 4.01. The SMILES string of the molecule is CN/C(=C\NC1CCN(C(=O)OC(C)(C)C)C2(CC2)C1)N(C)c1ccccc1N. The molecule has 1 aromatic carbocycles. The zero-order valence-electron chi connectivity index (χ0n) is 18.3. The number of benzene rings is 1. The normalized spacial score (nSPS) is 20.9. The van der Waals surface area contributed by atoms with E-state index in [1.807, 2.05) is 75.1 Å². The van der Waals surface area contributed by atoms with E-state index in [2.05, 4.69) is 10.6 Å². The van der Waals surface area contributed by atoms with Crippen LogP contribution in [0.4, 0.5) is 16.2 Å². The number of ether oxygens (including phenoxy) is 1. The van der Waals surface area contributed by atoms with Crippen molar-refractivity contribution in [1.82, 2.24) is 15.5 Å². The highest BCUT2D eigenvalue weighted by Crippen LogP contribution is 2.48. The molecule has 1 heterocycles. The highest BCUT2D eigenvalue weighted by molar-refractivity contribution is 5.70. The first-order chi connectivity index (χ1) is 13.6. The molecule has 160 valence electrons. The topological polar surface area (TPSA) is 82.9 Å². The van der Waals surface area contributed by atoms with Crippen LogP contribution < -0.4 is 21.3 Å². The van der Waals surface area contributed by atoms with Crippen molar-refractivity contribution >= 4 is 17.5 Å². The van der Waals surface area contributed by atoms with Gasteiger partial charge in [-0.15, -0.1) is 0 Å². The summed E-state index contributed by atoms with van der Waals surface area (Å²) in [4.78, 5) is 16.6. The van der Waals surface area contributed by atoms with Gasteiger partial charge in [-0.2, -0.15) is 0 Å². The van der Waals surface area contributed by atoms with Crippen molar-refractivity contribution < 1.29 is 9.53 Å². The van der Waals surface area contributed by atoms with Gasteiger partial charge in [0, 0.05) is 38.4 Å². The van der Waals surface area contributed by atoms with Crippen molar-refractivity contribution in [3.63, 3.8) is 0 Å². The van der Waals surface area contributed by atoms with Crippen LogP contribution in [0.3, 0.4) is 0 Å². The van der Waals surface area contributed by atoms with E-state index < -0.39 is 5.60 Å². The van der Waals surface area contributed by atoms with Gasteiger partial charge in [0.15, 0.2) is 0 Å². The van der Waals surface area contributed by atoms with Crippen molar-refractivity contribution in [2.24, 2.45) is 0 Å². The summed E-state index contributed by atoms with van der Waals surface area (Å²) in [5.74, 6) is 0.933. The van der Waals surface area contributed by atoms with Crippen LogP contribution in [-0.2, 0) is 4.74 Å². The van der Waals surface area contributed by atoms with E-state index in [1.54, 1.807) is 0 Å². The third-order valence-corrected chi connectivity index (χ3v) is 5.71. The van der Waals surface area contributed by atoms with E-state index in [9.17, 15) is 4.79 Å². The first-order valence-corrected chi connectivity index (χ1v) is 10.4. The maximum Gasteiger partial charge on any atom is 0.410 e. The molecule has 0 bridgehead atoms. The molecule has 1 aromatic rings. The number of hydrogen-bond donors (Lipinski definition) is 3. The number of likely N-dealkylation sites (tertiary alicyclic amines) is 1. The average Bonchev–Trinajstić information content (AvgIpc) is 3.40. The lowest BCUT2D eigenvalue weighted by Crippen LogP contribution is -2.53. The smallest absolute Gasteiger partial charge is 0.410 e. The minimum atomic E-state index is -0.462. The van der Waals surface area contributed by atoms with Gasteiger partial charge >= 0.3 is 6.09 Å². The molecule has 7 heteroatoms. The molecular formula is C22H35N5O2. The van der Waals surface area contributed by atoms with Gasteiger partial charge in [-0.1, -0.05) is 12.1 Å². The first kappa shape index (κ1) is 21.1. The van der Waals surface area contributed by atoms with Crippen molar-refractivity contribution in [1.29, 1.82) is 0 Å². The Morgan fingerprint density at radius 3 is 2.62 bits per heavy atom. The molecule has 3 rings (SSSR count). The number of rotatable bonds is 5. The summed E-state index contributed by atoms with van der Waals surface area (Å²) >= 11 is 0. The van der Waals surface area contributed by atoms with Crippen LogP contribution in [0.5, 0.6) is 0 Å². The summed E-state index contributed by atoms with van der Waals surface area (Å²) in [7, 11) is 3.89. The van der Waals surface area contributed by atoms with Gasteiger partial charge in [0.25, 0.3) is 0 Å². The van der Waals surface area contributed by atoms with E-state index in [-0.39, 0.29) is 11.6 Å². The fraction of sp³-hybridized carbons (Fsp3) is 0.591. The van der Waals surface area contributed by atoms with E-state index in [0.29, 0.717) is 6.04 Å². The summed E-state index contributed by atoms with van der Waals surface area (Å²) in [6.45, 7) is 6.47. The largest absolute Gasteiger partial charge is 0.444 e. The molecule has 1 saturated heterocycles. The van der Waals surface area contributed by atoms with Gasteiger partial charge in [-0.25, -0.2) is 4.79 Å². The van der Waals surface area contributed by atoms with E-state index >= 15 is 0 Å². The summed E-state index contributed by atoms with van der Waals surface area (Å²) in [6, 6.07) is 8.13. The molecule has 4 N–H and O–H groups in total. The Kier molecular flexibility index (Phi) is 5.87. The van der Waals surface area contributed by atoms with Crippen LogP contribution in [0.2, 0.25) is 0 Å². The lowest BCUT2D eigenvalue weighted by atomic mass is 9.95. The fourth-order valence-corrected chi connectivity index (χ4v) is 4.01. The molecule has 1 unspecified atom stereocenters. The third kappa shape index (κ3) is 4.89. The predicted octanol–water partition coefficient (Wildman–Crippen LogP) is 3.25. The Hall–Kier alpha value is -2.57. The van der Waals surface area contributed by atoms with Crippen LogP contribution in [0.1, 0.15) is 46.5 Å². The van der Waals surface area contributed by atoms with E-state index in [4.69, 9.17) is 10.5 Å². The average molecular weight is 402 g/mol. The molecule has 2 aliphatic rings. The second kappa shape index (κ2) is 8.05. The van der Waals surface area contributed by atoms with E-state index in [1.165, 1.54) is 0 Å². The van der Waals surface area contributed by atoms with Crippen molar-refractivity contribution in [2.45, 2.75) is 63.6 Å². The third-order valence-electron chi connectivity index (χ3n) is 5.71. The lowest BCUT2D eigenvalue weighted by molar-refractivity contribution is 0.00309. The number of nitrogen functional groups attached to an aromatic ring is 1. The Labute approximate surface area is 174 Å². The van der Waals surface area contributed by atoms with Crippen LogP contribution in [0.25, 0.3) is 0 Å². The number of nitrogens with zero attached hydrogens (tertiary/aromatic N) is 2. The maximum absolute atomic E-state index is 12.6. The zero-order chi connectivity index (χ0) is 21.2. The van der Waals surface area contributed by atoms with Crippen LogP contribution in [-0.4, -0.2) is 48.8 Å². The van der Waals surface area contributed by atoms with Crippen molar-refractivity contribution in [2.75, 3.05) is 31.3 Å². The molecule has 7 nitrogen and oxygen atoms in total. The number of carbonyl (C=O) groups excluding carboxylic acids is 1. The van der Waals surface area contributed by atoms with Crippen molar-refractivity contribution in [3.8, 4) is 0 Å². The lowest BCUT2D eigenvalue weighted by Gasteiger charge is -2.40. The highest BCUT2D eigenvalue weighted by Gasteiger charge is 2.54.